The van der Waals surface area contributed by atoms with Gasteiger partial charge in [0.2, 0.25) is 0 Å². The summed E-state index contributed by atoms with van der Waals surface area (Å²) in [5.41, 5.74) is -1.84. The highest BCUT2D eigenvalue weighted by Gasteiger charge is 2.67. The first-order valence-electron chi connectivity index (χ1n) is 6.59. The minimum atomic E-state index is -1.97. The number of thioether (sulfide) groups is 1. The molecule has 0 N–H and O–H groups in total. The summed E-state index contributed by atoms with van der Waals surface area (Å²) in [7, 11) is -0.624. The molecule has 6 heteroatoms. The van der Waals surface area contributed by atoms with Crippen LogP contribution in [-0.2, 0) is 18.8 Å². The van der Waals surface area contributed by atoms with E-state index in [9.17, 15) is 9.59 Å². The fourth-order valence-corrected chi connectivity index (χ4v) is 4.85. The van der Waals surface area contributed by atoms with Crippen LogP contribution in [0, 0.1) is 5.41 Å². The zero-order valence-electron chi connectivity index (χ0n) is 12.7. The number of esters is 1. The Kier molecular flexibility index (Phi) is 4.91. The van der Waals surface area contributed by atoms with E-state index in [1.807, 2.05) is 26.6 Å². The molecule has 0 aromatic heterocycles. The molecule has 0 radical (unpaired) electrons. The van der Waals surface area contributed by atoms with Crippen molar-refractivity contribution in [1.29, 1.82) is 0 Å². The van der Waals surface area contributed by atoms with Crippen LogP contribution in [0.5, 0.6) is 0 Å². The number of methoxy groups -OCH3 is 1. The Morgan fingerprint density at radius 3 is 2.16 bits per heavy atom. The highest BCUT2D eigenvalue weighted by molar-refractivity contribution is 8.13. The zero-order valence-corrected chi connectivity index (χ0v) is 14.5. The average molecular weight is 304 g/mol. The van der Waals surface area contributed by atoms with E-state index in [-0.39, 0.29) is 5.12 Å². The second kappa shape index (κ2) is 5.58. The predicted molar refractivity (Wildman–Crippen MR) is 79.7 cm³/mol. The molecule has 0 heterocycles. The lowest BCUT2D eigenvalue weighted by Crippen LogP contribution is -2.55. The third-order valence-corrected chi connectivity index (χ3v) is 5.38. The number of rotatable bonds is 6. The molecule has 1 fully saturated rings. The Labute approximate surface area is 120 Å². The van der Waals surface area contributed by atoms with Crippen molar-refractivity contribution in [2.45, 2.75) is 51.9 Å². The van der Waals surface area contributed by atoms with Crippen molar-refractivity contribution in [1.82, 2.24) is 0 Å². The normalized spacial score (nSPS) is 20.5. The smallest absolute Gasteiger partial charge is 0.337 e. The van der Waals surface area contributed by atoms with Crippen LogP contribution < -0.4 is 0 Å². The third-order valence-electron chi connectivity index (χ3n) is 3.41. The summed E-state index contributed by atoms with van der Waals surface area (Å²) in [5, 5.41) is 0.0566. The molecule has 0 amide bonds. The Hall–Kier alpha value is -0.333. The number of ether oxygens (including phenoxy) is 1. The summed E-state index contributed by atoms with van der Waals surface area (Å²) < 4.78 is 11.0. The second-order valence-electron chi connectivity index (χ2n) is 6.04. The van der Waals surface area contributed by atoms with Gasteiger partial charge in [0.25, 0.3) is 0 Å². The van der Waals surface area contributed by atoms with Crippen molar-refractivity contribution in [3.8, 4) is 0 Å². The molecular formula is C13H24O4SSi. The first-order valence-corrected chi connectivity index (χ1v) is 11.0. The van der Waals surface area contributed by atoms with Crippen molar-refractivity contribution >= 4 is 31.2 Å². The highest BCUT2D eigenvalue weighted by Crippen LogP contribution is 2.59. The van der Waals surface area contributed by atoms with E-state index >= 15 is 0 Å². The first kappa shape index (κ1) is 16.7. The third kappa shape index (κ3) is 3.23. The number of hydrogen-bond donors (Lipinski definition) is 0. The largest absolute Gasteiger partial charge is 0.467 e. The molecule has 1 rings (SSSR count). The van der Waals surface area contributed by atoms with Gasteiger partial charge in [0, 0.05) is 0 Å². The van der Waals surface area contributed by atoms with Gasteiger partial charge in [0.05, 0.1) is 12.5 Å². The Morgan fingerprint density at radius 2 is 1.84 bits per heavy atom. The van der Waals surface area contributed by atoms with Crippen LogP contribution in [0.15, 0.2) is 0 Å². The molecule has 19 heavy (non-hydrogen) atoms. The van der Waals surface area contributed by atoms with Gasteiger partial charge in [-0.05, 0) is 45.2 Å². The van der Waals surface area contributed by atoms with E-state index in [4.69, 9.17) is 9.16 Å². The summed E-state index contributed by atoms with van der Waals surface area (Å²) in [6.07, 6.45) is 1.41. The van der Waals surface area contributed by atoms with Gasteiger partial charge in [-0.3, -0.25) is 4.79 Å². The van der Waals surface area contributed by atoms with E-state index in [1.165, 1.54) is 18.9 Å². The number of carbonyl (C=O) groups excluding carboxylic acids is 2. The molecule has 0 aliphatic heterocycles. The summed E-state index contributed by atoms with van der Waals surface area (Å²) >= 11 is 1.27. The van der Waals surface area contributed by atoms with E-state index < -0.39 is 25.3 Å². The maximum Gasteiger partial charge on any atom is 0.337 e. The molecule has 0 unspecified atom stereocenters. The maximum absolute atomic E-state index is 12.4. The molecule has 1 atom stereocenters. The predicted octanol–water partition coefficient (Wildman–Crippen LogP) is 2.83. The lowest BCUT2D eigenvalue weighted by molar-refractivity contribution is -0.167. The van der Waals surface area contributed by atoms with Gasteiger partial charge in [-0.2, -0.15) is 0 Å². The molecule has 0 aromatic rings. The minimum Gasteiger partial charge on any atom is -0.467 e. The standard InChI is InChI=1S/C13H24O4SSi/c1-7-18-11(15)13(8-9-13)12(2,10(14)16-3)17-19(4,5)6/h7-9H2,1-6H3/t12-/m0/s1. The zero-order chi connectivity index (χ0) is 14.9. The number of carbonyl (C=O) groups is 2. The van der Waals surface area contributed by atoms with Gasteiger partial charge in [-0.15, -0.1) is 0 Å². The Balaban J connectivity index is 3.11. The number of hydrogen-bond acceptors (Lipinski definition) is 5. The summed E-state index contributed by atoms with van der Waals surface area (Å²) in [6.45, 7) is 9.71. The molecule has 110 valence electrons. The molecule has 0 aromatic carbocycles. The molecule has 0 spiro atoms. The van der Waals surface area contributed by atoms with E-state index in [0.29, 0.717) is 18.6 Å². The van der Waals surface area contributed by atoms with Gasteiger partial charge in [0.15, 0.2) is 19.0 Å². The van der Waals surface area contributed by atoms with Crippen LogP contribution >= 0.6 is 11.8 Å². The fourth-order valence-electron chi connectivity index (χ4n) is 2.41. The average Bonchev–Trinajstić information content (AvgIpc) is 3.07. The van der Waals surface area contributed by atoms with Crippen LogP contribution in [0.2, 0.25) is 19.6 Å². The molecule has 4 nitrogen and oxygen atoms in total. The van der Waals surface area contributed by atoms with Gasteiger partial charge >= 0.3 is 5.97 Å². The van der Waals surface area contributed by atoms with Gasteiger partial charge in [-0.1, -0.05) is 18.7 Å². The van der Waals surface area contributed by atoms with E-state index in [0.717, 1.165) is 0 Å². The lowest BCUT2D eigenvalue weighted by atomic mass is 9.87. The van der Waals surface area contributed by atoms with Crippen molar-refractivity contribution < 1.29 is 18.8 Å². The first-order chi connectivity index (χ1) is 8.63. The summed E-state index contributed by atoms with van der Waals surface area (Å²) in [6, 6.07) is 0. The van der Waals surface area contributed by atoms with Gasteiger partial charge in [0.1, 0.15) is 0 Å². The summed E-state index contributed by atoms with van der Waals surface area (Å²) in [5.74, 6) is 0.280. The van der Waals surface area contributed by atoms with E-state index in [2.05, 4.69) is 0 Å². The van der Waals surface area contributed by atoms with E-state index in [1.54, 1.807) is 6.92 Å². The van der Waals surface area contributed by atoms with Crippen molar-refractivity contribution in [3.63, 3.8) is 0 Å². The molecule has 0 bridgehead atoms. The molecule has 0 saturated heterocycles. The summed E-state index contributed by atoms with van der Waals surface area (Å²) in [4.78, 5) is 24.6. The van der Waals surface area contributed by atoms with Gasteiger partial charge in [-0.25, -0.2) is 4.79 Å². The van der Waals surface area contributed by atoms with Crippen LogP contribution in [0.25, 0.3) is 0 Å². The molecule has 1 aliphatic carbocycles. The molecule has 1 saturated carbocycles. The SMILES string of the molecule is CCSC(=O)C1([C@@](C)(O[Si](C)(C)C)C(=O)OC)CC1. The lowest BCUT2D eigenvalue weighted by Gasteiger charge is -2.39. The second-order valence-corrected chi connectivity index (χ2v) is 11.7. The van der Waals surface area contributed by atoms with Crippen LogP contribution in [0.4, 0.5) is 0 Å². The Morgan fingerprint density at radius 1 is 1.32 bits per heavy atom. The van der Waals surface area contributed by atoms with Gasteiger partial charge < -0.3 is 9.16 Å². The topological polar surface area (TPSA) is 52.6 Å². The quantitative estimate of drug-likeness (QED) is 0.558. The van der Waals surface area contributed by atoms with Crippen LogP contribution in [0.1, 0.15) is 26.7 Å². The monoisotopic (exact) mass is 304 g/mol. The highest BCUT2D eigenvalue weighted by atomic mass is 32.2. The van der Waals surface area contributed by atoms with Crippen molar-refractivity contribution in [3.05, 3.63) is 0 Å². The van der Waals surface area contributed by atoms with Crippen LogP contribution in [0.3, 0.4) is 0 Å². The van der Waals surface area contributed by atoms with Crippen molar-refractivity contribution in [2.24, 2.45) is 5.41 Å². The molecule has 1 aliphatic rings. The van der Waals surface area contributed by atoms with Crippen LogP contribution in [-0.4, -0.2) is 37.9 Å². The molecular weight excluding hydrogens is 280 g/mol. The minimum absolute atomic E-state index is 0.0566. The van der Waals surface area contributed by atoms with Crippen molar-refractivity contribution in [2.75, 3.05) is 12.9 Å². The maximum atomic E-state index is 12.4. The fraction of sp³-hybridized carbons (Fsp3) is 0.846. The Bertz CT molecular complexity index is 373.